The van der Waals surface area contributed by atoms with Crippen LogP contribution in [0.1, 0.15) is 36.6 Å². The predicted molar refractivity (Wildman–Crippen MR) is 106 cm³/mol. The molecule has 7 heteroatoms. The Kier molecular flexibility index (Phi) is 5.98. The Morgan fingerprint density at radius 2 is 2.12 bits per heavy atom. The highest BCUT2D eigenvalue weighted by molar-refractivity contribution is 7.98. The lowest BCUT2D eigenvalue weighted by Gasteiger charge is -2.11. The Hall–Kier alpha value is -2.28. The van der Waals surface area contributed by atoms with Crippen LogP contribution >= 0.6 is 11.8 Å². The van der Waals surface area contributed by atoms with E-state index in [2.05, 4.69) is 38.9 Å². The van der Waals surface area contributed by atoms with Crippen LogP contribution in [0.4, 0.5) is 0 Å². The quantitative estimate of drug-likeness (QED) is 0.469. The van der Waals surface area contributed by atoms with Crippen LogP contribution in [0.2, 0.25) is 0 Å². The van der Waals surface area contributed by atoms with E-state index in [1.54, 1.807) is 11.8 Å². The molecule has 0 fully saturated rings. The van der Waals surface area contributed by atoms with E-state index in [0.29, 0.717) is 18.2 Å². The molecule has 0 aliphatic carbocycles. The molecule has 2 aromatic heterocycles. The number of hydrogen-bond acceptors (Lipinski definition) is 4. The van der Waals surface area contributed by atoms with Crippen LogP contribution in [-0.4, -0.2) is 38.5 Å². The molecule has 0 bridgehead atoms. The molecule has 0 radical (unpaired) electrons. The Balaban J connectivity index is 1.54. The Bertz CT molecular complexity index is 850. The lowest BCUT2D eigenvalue weighted by molar-refractivity contribution is 0.0949. The van der Waals surface area contributed by atoms with Crippen molar-refractivity contribution in [2.24, 2.45) is 5.92 Å². The van der Waals surface area contributed by atoms with Gasteiger partial charge in [-0.3, -0.25) is 4.79 Å². The normalized spacial score (nSPS) is 11.4. The highest BCUT2D eigenvalue weighted by Gasteiger charge is 2.13. The number of nitrogens with zero attached hydrogens (tertiary/aromatic N) is 3. The van der Waals surface area contributed by atoms with Gasteiger partial charge in [0, 0.05) is 30.4 Å². The van der Waals surface area contributed by atoms with Gasteiger partial charge in [-0.1, -0.05) is 43.8 Å². The standard InChI is InChI=1S/C19H25N5OS/c1-13(2)12-24-17(22-23-19(24)26-3)9-6-10-20-18(25)16-11-14-7-4-5-8-15(14)21-16/h4-5,7-8,11,13,21H,6,9-10,12H2,1-3H3,(H,20,25). The number of hydrogen-bond donors (Lipinski definition) is 2. The van der Waals surface area contributed by atoms with Crippen molar-refractivity contribution < 1.29 is 4.79 Å². The summed E-state index contributed by atoms with van der Waals surface area (Å²) in [5.74, 6) is 1.45. The molecule has 138 valence electrons. The van der Waals surface area contributed by atoms with Gasteiger partial charge in [0.05, 0.1) is 0 Å². The van der Waals surface area contributed by atoms with E-state index in [4.69, 9.17) is 0 Å². The third-order valence-corrected chi connectivity index (χ3v) is 4.83. The van der Waals surface area contributed by atoms with Crippen molar-refractivity contribution in [3.63, 3.8) is 0 Å². The molecule has 1 aromatic carbocycles. The van der Waals surface area contributed by atoms with Gasteiger partial charge in [-0.05, 0) is 30.7 Å². The predicted octanol–water partition coefficient (Wildman–Crippen LogP) is 3.50. The fraction of sp³-hybridized carbons (Fsp3) is 0.421. The summed E-state index contributed by atoms with van der Waals surface area (Å²) in [6.45, 7) is 5.90. The fourth-order valence-electron chi connectivity index (χ4n) is 2.94. The van der Waals surface area contributed by atoms with E-state index in [0.717, 1.165) is 41.3 Å². The Morgan fingerprint density at radius 3 is 2.85 bits per heavy atom. The molecule has 0 saturated carbocycles. The number of carbonyl (C=O) groups excluding carboxylic acids is 1. The van der Waals surface area contributed by atoms with Gasteiger partial charge in [-0.15, -0.1) is 10.2 Å². The maximum absolute atomic E-state index is 12.3. The van der Waals surface area contributed by atoms with Gasteiger partial charge >= 0.3 is 0 Å². The first-order valence-electron chi connectivity index (χ1n) is 8.90. The Labute approximate surface area is 157 Å². The van der Waals surface area contributed by atoms with Crippen LogP contribution in [0.25, 0.3) is 10.9 Å². The summed E-state index contributed by atoms with van der Waals surface area (Å²) in [6.07, 6.45) is 3.65. The smallest absolute Gasteiger partial charge is 0.267 e. The third-order valence-electron chi connectivity index (χ3n) is 4.16. The number of rotatable bonds is 8. The van der Waals surface area contributed by atoms with Crippen molar-refractivity contribution >= 4 is 28.6 Å². The summed E-state index contributed by atoms with van der Waals surface area (Å²) in [7, 11) is 0. The molecule has 2 N–H and O–H groups in total. The number of benzene rings is 1. The zero-order valence-corrected chi connectivity index (χ0v) is 16.3. The van der Waals surface area contributed by atoms with Crippen LogP contribution in [0.5, 0.6) is 0 Å². The number of aromatic amines is 1. The first kappa shape index (κ1) is 18.5. The number of nitrogens with one attached hydrogen (secondary N) is 2. The Morgan fingerprint density at radius 1 is 1.31 bits per heavy atom. The van der Waals surface area contributed by atoms with Gasteiger partial charge in [0.15, 0.2) is 5.16 Å². The molecule has 0 aliphatic rings. The minimum atomic E-state index is -0.0744. The summed E-state index contributed by atoms with van der Waals surface area (Å²) in [5, 5.41) is 13.6. The fourth-order valence-corrected chi connectivity index (χ4v) is 3.47. The second-order valence-corrected chi connectivity index (χ2v) is 7.51. The number of fused-ring (bicyclic) bond motifs is 1. The van der Waals surface area contributed by atoms with Gasteiger partial charge < -0.3 is 14.9 Å². The summed E-state index contributed by atoms with van der Waals surface area (Å²) < 4.78 is 2.19. The van der Waals surface area contributed by atoms with Crippen molar-refractivity contribution in [2.75, 3.05) is 12.8 Å². The van der Waals surface area contributed by atoms with E-state index in [1.165, 1.54) is 0 Å². The lowest BCUT2D eigenvalue weighted by Crippen LogP contribution is -2.25. The molecular formula is C19H25N5OS. The van der Waals surface area contributed by atoms with Crippen molar-refractivity contribution in [1.82, 2.24) is 25.1 Å². The van der Waals surface area contributed by atoms with Crippen molar-refractivity contribution in [1.29, 1.82) is 0 Å². The highest BCUT2D eigenvalue weighted by Crippen LogP contribution is 2.17. The zero-order chi connectivity index (χ0) is 18.5. The van der Waals surface area contributed by atoms with Gasteiger partial charge in [-0.2, -0.15) is 0 Å². The number of aryl methyl sites for hydroxylation is 1. The molecule has 0 unspecified atom stereocenters. The molecule has 0 spiro atoms. The second kappa shape index (κ2) is 8.40. The molecule has 3 aromatic rings. The van der Waals surface area contributed by atoms with Crippen molar-refractivity contribution in [3.05, 3.63) is 41.9 Å². The number of carbonyl (C=O) groups is 1. The van der Waals surface area contributed by atoms with Gasteiger partial charge in [0.2, 0.25) is 0 Å². The average Bonchev–Trinajstić information content (AvgIpc) is 3.22. The highest BCUT2D eigenvalue weighted by atomic mass is 32.2. The molecule has 26 heavy (non-hydrogen) atoms. The van der Waals surface area contributed by atoms with Crippen molar-refractivity contribution in [3.8, 4) is 0 Å². The van der Waals surface area contributed by atoms with Crippen LogP contribution in [-0.2, 0) is 13.0 Å². The third kappa shape index (κ3) is 4.27. The van der Waals surface area contributed by atoms with E-state index in [9.17, 15) is 4.79 Å². The number of para-hydroxylation sites is 1. The van der Waals surface area contributed by atoms with Crippen LogP contribution in [0.3, 0.4) is 0 Å². The SMILES string of the molecule is CSc1nnc(CCCNC(=O)c2cc3ccccc3[nH]2)n1CC(C)C. The van der Waals surface area contributed by atoms with E-state index >= 15 is 0 Å². The van der Waals surface area contributed by atoms with Crippen LogP contribution < -0.4 is 5.32 Å². The molecule has 2 heterocycles. The van der Waals surface area contributed by atoms with E-state index in [-0.39, 0.29) is 5.91 Å². The monoisotopic (exact) mass is 371 g/mol. The molecule has 0 atom stereocenters. The van der Waals surface area contributed by atoms with E-state index < -0.39 is 0 Å². The molecule has 6 nitrogen and oxygen atoms in total. The summed E-state index contributed by atoms with van der Waals surface area (Å²) in [6, 6.07) is 9.77. The zero-order valence-electron chi connectivity index (χ0n) is 15.5. The molecule has 0 saturated heterocycles. The van der Waals surface area contributed by atoms with Gasteiger partial charge in [0.1, 0.15) is 11.5 Å². The number of thioether (sulfide) groups is 1. The second-order valence-electron chi connectivity index (χ2n) is 6.74. The first-order valence-corrected chi connectivity index (χ1v) is 10.1. The summed E-state index contributed by atoms with van der Waals surface area (Å²) in [4.78, 5) is 15.5. The van der Waals surface area contributed by atoms with Crippen molar-refractivity contribution in [2.45, 2.75) is 38.4 Å². The number of H-pyrrole nitrogens is 1. The lowest BCUT2D eigenvalue weighted by atomic mass is 10.2. The first-order chi connectivity index (χ1) is 12.6. The molecular weight excluding hydrogens is 346 g/mol. The summed E-state index contributed by atoms with van der Waals surface area (Å²) >= 11 is 1.62. The van der Waals surface area contributed by atoms with E-state index in [1.807, 2.05) is 36.6 Å². The average molecular weight is 372 g/mol. The molecule has 3 rings (SSSR count). The summed E-state index contributed by atoms with van der Waals surface area (Å²) in [5.41, 5.74) is 1.57. The maximum Gasteiger partial charge on any atom is 0.267 e. The minimum absolute atomic E-state index is 0.0744. The van der Waals surface area contributed by atoms with Gasteiger partial charge in [0.25, 0.3) is 5.91 Å². The molecule has 0 aliphatic heterocycles. The van der Waals surface area contributed by atoms with Crippen LogP contribution in [0, 0.1) is 5.92 Å². The molecule has 1 amide bonds. The maximum atomic E-state index is 12.3. The largest absolute Gasteiger partial charge is 0.351 e. The number of amides is 1. The van der Waals surface area contributed by atoms with Gasteiger partial charge in [-0.25, -0.2) is 0 Å². The topological polar surface area (TPSA) is 75.6 Å². The van der Waals surface area contributed by atoms with Crippen LogP contribution in [0.15, 0.2) is 35.5 Å². The minimum Gasteiger partial charge on any atom is -0.351 e. The number of aromatic nitrogens is 4.